The van der Waals surface area contributed by atoms with Crippen LogP contribution in [0.1, 0.15) is 55.4 Å². The van der Waals surface area contributed by atoms with Gasteiger partial charge in [-0.1, -0.05) is 0 Å². The van der Waals surface area contributed by atoms with Gasteiger partial charge in [0.1, 0.15) is 16.9 Å². The molecule has 1 atom stereocenters. The van der Waals surface area contributed by atoms with Gasteiger partial charge in [0, 0.05) is 12.3 Å². The lowest BCUT2D eigenvalue weighted by Crippen LogP contribution is -2.59. The largest absolute Gasteiger partial charge is 0.457 e. The van der Waals surface area contributed by atoms with Crippen molar-refractivity contribution in [1.82, 2.24) is 4.90 Å². The highest BCUT2D eigenvalue weighted by molar-refractivity contribution is 7.91. The number of sulfone groups is 1. The monoisotopic (exact) mass is 415 g/mol. The van der Waals surface area contributed by atoms with Crippen molar-refractivity contribution in [2.24, 2.45) is 0 Å². The number of carbonyl (C=O) groups excluding carboxylic acids is 3. The van der Waals surface area contributed by atoms with E-state index in [0.29, 0.717) is 5.57 Å². The maximum absolute atomic E-state index is 12.7. The Bertz CT molecular complexity index is 848. The second-order valence-corrected chi connectivity index (χ2v) is 10.9. The standard InChI is InChI=1S/C19H29NO7S/c1-11(2)14(17(23)27-19(6,7)8)20-15(22)12(16(20)28(9,24)25)10-13(21)26-18(3,4)5/h10,16H,1-9H3/b12-10-. The SMILES string of the molecule is CC(C)=C(C(=O)OC(C)(C)C)N1C(=O)/C(=C/C(=O)OC(C)(C)C)C1S(C)(=O)=O. The summed E-state index contributed by atoms with van der Waals surface area (Å²) >= 11 is 0. The van der Waals surface area contributed by atoms with Gasteiger partial charge in [0.15, 0.2) is 15.2 Å². The number of ether oxygens (including phenoxy) is 2. The zero-order valence-corrected chi connectivity index (χ0v) is 18.7. The van der Waals surface area contributed by atoms with E-state index in [9.17, 15) is 22.8 Å². The molecule has 1 fully saturated rings. The summed E-state index contributed by atoms with van der Waals surface area (Å²) in [6, 6.07) is 0. The van der Waals surface area contributed by atoms with Gasteiger partial charge in [0.05, 0.1) is 5.57 Å². The summed E-state index contributed by atoms with van der Waals surface area (Å²) in [5, 5.41) is -1.47. The Kier molecular flexibility index (Phi) is 6.56. The fraction of sp³-hybridized carbons (Fsp3) is 0.632. The lowest BCUT2D eigenvalue weighted by Gasteiger charge is -2.42. The Morgan fingerprint density at radius 1 is 1.00 bits per heavy atom. The fourth-order valence-electron chi connectivity index (χ4n) is 2.53. The van der Waals surface area contributed by atoms with Crippen LogP contribution in [0.3, 0.4) is 0 Å². The van der Waals surface area contributed by atoms with Crippen LogP contribution in [0.15, 0.2) is 22.9 Å². The maximum atomic E-state index is 12.7. The zero-order chi connectivity index (χ0) is 22.2. The number of β-lactam (4-membered cyclic amide) rings is 1. The van der Waals surface area contributed by atoms with Crippen molar-refractivity contribution in [1.29, 1.82) is 0 Å². The van der Waals surface area contributed by atoms with Gasteiger partial charge in [-0.05, 0) is 61.0 Å². The van der Waals surface area contributed by atoms with Crippen molar-refractivity contribution in [2.75, 3.05) is 6.26 Å². The van der Waals surface area contributed by atoms with Gasteiger partial charge in [-0.15, -0.1) is 0 Å². The van der Waals surface area contributed by atoms with E-state index < -0.39 is 44.3 Å². The van der Waals surface area contributed by atoms with Crippen LogP contribution < -0.4 is 0 Å². The number of hydrogen-bond donors (Lipinski definition) is 0. The van der Waals surface area contributed by atoms with Gasteiger partial charge in [0.2, 0.25) is 0 Å². The summed E-state index contributed by atoms with van der Waals surface area (Å²) in [6.07, 6.45) is 1.80. The molecule has 0 saturated carbocycles. The molecule has 0 aliphatic carbocycles. The predicted octanol–water partition coefficient (Wildman–Crippen LogP) is 2.10. The third kappa shape index (κ3) is 5.92. The zero-order valence-electron chi connectivity index (χ0n) is 17.9. The Morgan fingerprint density at radius 3 is 1.82 bits per heavy atom. The van der Waals surface area contributed by atoms with Crippen molar-refractivity contribution < 1.29 is 32.3 Å². The first-order valence-corrected chi connectivity index (χ1v) is 10.7. The number of esters is 2. The molecule has 9 heteroatoms. The molecule has 1 aliphatic rings. The summed E-state index contributed by atoms with van der Waals surface area (Å²) in [5.74, 6) is -2.41. The predicted molar refractivity (Wildman–Crippen MR) is 104 cm³/mol. The molecule has 0 radical (unpaired) electrons. The molecule has 0 aromatic rings. The molecule has 158 valence electrons. The number of allylic oxidation sites excluding steroid dienone is 1. The average Bonchev–Trinajstić information content (AvgIpc) is 2.39. The van der Waals surface area contributed by atoms with Crippen molar-refractivity contribution in [3.05, 3.63) is 22.9 Å². The highest BCUT2D eigenvalue weighted by Crippen LogP contribution is 2.36. The van der Waals surface area contributed by atoms with E-state index in [0.717, 1.165) is 17.2 Å². The van der Waals surface area contributed by atoms with Crippen LogP contribution in [0, 0.1) is 0 Å². The molecule has 1 heterocycles. The first-order valence-electron chi connectivity index (χ1n) is 8.73. The van der Waals surface area contributed by atoms with Crippen molar-refractivity contribution >= 4 is 27.7 Å². The van der Waals surface area contributed by atoms with E-state index >= 15 is 0 Å². The molecule has 1 saturated heterocycles. The van der Waals surface area contributed by atoms with Crippen molar-refractivity contribution in [3.8, 4) is 0 Å². The van der Waals surface area contributed by atoms with Crippen LogP contribution in [-0.4, -0.2) is 54.0 Å². The van der Waals surface area contributed by atoms with Crippen LogP contribution in [0.2, 0.25) is 0 Å². The maximum Gasteiger partial charge on any atom is 0.355 e. The second-order valence-electron chi connectivity index (χ2n) is 8.84. The second kappa shape index (κ2) is 7.69. The van der Waals surface area contributed by atoms with Gasteiger partial charge >= 0.3 is 11.9 Å². The Labute approximate surface area is 166 Å². The third-order valence-corrected chi connectivity index (χ3v) is 4.63. The van der Waals surface area contributed by atoms with E-state index in [-0.39, 0.29) is 11.3 Å². The Balaban J connectivity index is 3.37. The van der Waals surface area contributed by atoms with Gasteiger partial charge in [-0.2, -0.15) is 0 Å². The lowest BCUT2D eigenvalue weighted by molar-refractivity contribution is -0.155. The molecule has 0 bridgehead atoms. The molecule has 0 N–H and O–H groups in total. The molecular weight excluding hydrogens is 386 g/mol. The van der Waals surface area contributed by atoms with Gasteiger partial charge in [0.25, 0.3) is 5.91 Å². The Hall–Kier alpha value is -2.16. The topological polar surface area (TPSA) is 107 Å². The first-order chi connectivity index (χ1) is 12.3. The minimum absolute atomic E-state index is 0.156. The highest BCUT2D eigenvalue weighted by Gasteiger charge is 2.52. The quantitative estimate of drug-likeness (QED) is 0.393. The number of nitrogens with zero attached hydrogens (tertiary/aromatic N) is 1. The number of rotatable bonds is 4. The molecule has 0 spiro atoms. The summed E-state index contributed by atoms with van der Waals surface area (Å²) in [4.78, 5) is 38.2. The van der Waals surface area contributed by atoms with Gasteiger partial charge < -0.3 is 9.47 Å². The van der Waals surface area contributed by atoms with Crippen LogP contribution in [-0.2, 0) is 33.7 Å². The van der Waals surface area contributed by atoms with Crippen LogP contribution in [0.25, 0.3) is 0 Å². The lowest BCUT2D eigenvalue weighted by atomic mass is 10.0. The number of amides is 1. The molecular formula is C19H29NO7S. The number of carbonyl (C=O) groups is 3. The molecule has 1 rings (SSSR count). The Morgan fingerprint density at radius 2 is 1.46 bits per heavy atom. The number of hydrogen-bond acceptors (Lipinski definition) is 7. The number of likely N-dealkylation sites (tertiary alicyclic amines) is 1. The van der Waals surface area contributed by atoms with Gasteiger partial charge in [-0.25, -0.2) is 18.0 Å². The fourth-order valence-corrected chi connectivity index (χ4v) is 3.74. The van der Waals surface area contributed by atoms with Crippen LogP contribution in [0.5, 0.6) is 0 Å². The molecule has 1 aliphatic heterocycles. The minimum Gasteiger partial charge on any atom is -0.457 e. The van der Waals surface area contributed by atoms with E-state index in [4.69, 9.17) is 9.47 Å². The summed E-state index contributed by atoms with van der Waals surface area (Å²) in [6.45, 7) is 13.1. The van der Waals surface area contributed by atoms with Crippen LogP contribution >= 0.6 is 0 Å². The molecule has 0 aromatic carbocycles. The average molecular weight is 416 g/mol. The molecule has 1 amide bonds. The van der Waals surface area contributed by atoms with Crippen molar-refractivity contribution in [2.45, 2.75) is 72.0 Å². The molecule has 28 heavy (non-hydrogen) atoms. The minimum atomic E-state index is -3.86. The highest BCUT2D eigenvalue weighted by atomic mass is 32.2. The van der Waals surface area contributed by atoms with E-state index in [1.807, 2.05) is 0 Å². The third-order valence-electron chi connectivity index (χ3n) is 3.36. The van der Waals surface area contributed by atoms with E-state index in [1.165, 1.54) is 0 Å². The van der Waals surface area contributed by atoms with Crippen molar-refractivity contribution in [3.63, 3.8) is 0 Å². The first kappa shape index (κ1) is 23.9. The molecule has 0 aromatic heterocycles. The van der Waals surface area contributed by atoms with E-state index in [1.54, 1.807) is 55.4 Å². The van der Waals surface area contributed by atoms with Crippen LogP contribution in [0.4, 0.5) is 0 Å². The molecule has 1 unspecified atom stereocenters. The smallest absolute Gasteiger partial charge is 0.355 e. The molecule has 8 nitrogen and oxygen atoms in total. The summed E-state index contributed by atoms with van der Waals surface area (Å²) in [7, 11) is -3.86. The summed E-state index contributed by atoms with van der Waals surface area (Å²) in [5.41, 5.74) is -1.63. The normalized spacial score (nSPS) is 19.2. The van der Waals surface area contributed by atoms with E-state index in [2.05, 4.69) is 0 Å². The van der Waals surface area contributed by atoms with Gasteiger partial charge in [-0.3, -0.25) is 9.69 Å². The summed E-state index contributed by atoms with van der Waals surface area (Å²) < 4.78 is 35.1.